The zero-order chi connectivity index (χ0) is 22.2. The van der Waals surface area contributed by atoms with Crippen molar-refractivity contribution < 1.29 is 14.2 Å². The number of thioether (sulfide) groups is 1. The molecule has 0 aliphatic carbocycles. The predicted octanol–water partition coefficient (Wildman–Crippen LogP) is 5.91. The van der Waals surface area contributed by atoms with E-state index < -0.39 is 0 Å². The summed E-state index contributed by atoms with van der Waals surface area (Å²) in [6.45, 7) is 7.67. The first kappa shape index (κ1) is 23.3. The van der Waals surface area contributed by atoms with Crippen molar-refractivity contribution in [3.63, 3.8) is 0 Å². The van der Waals surface area contributed by atoms with E-state index in [9.17, 15) is 0 Å². The fourth-order valence-corrected chi connectivity index (χ4v) is 3.94. The zero-order valence-corrected chi connectivity index (χ0v) is 19.8. The van der Waals surface area contributed by atoms with Crippen LogP contribution in [0.2, 0.25) is 5.02 Å². The van der Waals surface area contributed by atoms with Crippen LogP contribution in [0.5, 0.6) is 17.2 Å². The summed E-state index contributed by atoms with van der Waals surface area (Å²) < 4.78 is 19.2. The minimum absolute atomic E-state index is 0.281. The van der Waals surface area contributed by atoms with Gasteiger partial charge in [-0.1, -0.05) is 49.3 Å². The summed E-state index contributed by atoms with van der Waals surface area (Å²) in [5.74, 6) is 4.24. The van der Waals surface area contributed by atoms with Gasteiger partial charge < -0.3 is 18.8 Å². The highest BCUT2D eigenvalue weighted by atomic mass is 35.5. The Bertz CT molecular complexity index is 963. The summed E-state index contributed by atoms with van der Waals surface area (Å²) in [6.07, 6.45) is -0.281. The van der Waals surface area contributed by atoms with Gasteiger partial charge in [0.2, 0.25) is 0 Å². The lowest BCUT2D eigenvalue weighted by Crippen LogP contribution is -2.15. The third-order valence-electron chi connectivity index (χ3n) is 4.44. The van der Waals surface area contributed by atoms with Crippen LogP contribution >= 0.6 is 23.4 Å². The molecule has 3 rings (SSSR count). The third kappa shape index (κ3) is 6.55. The number of ether oxygens (including phenoxy) is 3. The number of halogens is 1. The second-order valence-corrected chi connectivity index (χ2v) is 8.88. The number of aromatic nitrogens is 3. The van der Waals surface area contributed by atoms with Crippen molar-refractivity contribution in [2.24, 2.45) is 5.92 Å². The highest BCUT2D eigenvalue weighted by molar-refractivity contribution is 7.99. The van der Waals surface area contributed by atoms with Crippen molar-refractivity contribution in [1.29, 1.82) is 0 Å². The summed E-state index contributed by atoms with van der Waals surface area (Å²) in [6, 6.07) is 15.0. The molecule has 0 radical (unpaired) electrons. The molecule has 1 heterocycles. The predicted molar refractivity (Wildman–Crippen MR) is 125 cm³/mol. The Hall–Kier alpha value is -2.38. The Kier molecular flexibility index (Phi) is 8.49. The first-order chi connectivity index (χ1) is 15.0. The summed E-state index contributed by atoms with van der Waals surface area (Å²) in [4.78, 5) is 0. The molecule has 2 aromatic carbocycles. The Morgan fingerprint density at radius 3 is 2.39 bits per heavy atom. The molecule has 31 heavy (non-hydrogen) atoms. The van der Waals surface area contributed by atoms with Crippen molar-refractivity contribution in [3.8, 4) is 17.2 Å². The van der Waals surface area contributed by atoms with E-state index in [0.717, 1.165) is 34.8 Å². The molecule has 0 saturated carbocycles. The molecular formula is C23H28ClN3O3S. The number of rotatable bonds is 11. The fourth-order valence-electron chi connectivity index (χ4n) is 2.99. The van der Waals surface area contributed by atoms with Crippen LogP contribution in [0.25, 0.3) is 0 Å². The topological polar surface area (TPSA) is 58.4 Å². The standard InChI is InChI=1S/C23H28ClN3O3S/c1-16(2)15-27-22(17(3)30-21-8-6-5-7-20(21)24)25-26-23(27)31-14-13-29-19-11-9-18(28-4)10-12-19/h5-12,16-17H,13-15H2,1-4H3. The van der Waals surface area contributed by atoms with Crippen LogP contribution in [0, 0.1) is 5.92 Å². The molecule has 0 spiro atoms. The van der Waals surface area contributed by atoms with E-state index in [1.807, 2.05) is 55.5 Å². The van der Waals surface area contributed by atoms with Crippen LogP contribution in [0.15, 0.2) is 53.7 Å². The number of nitrogens with zero attached hydrogens (tertiary/aromatic N) is 3. The lowest BCUT2D eigenvalue weighted by molar-refractivity contribution is 0.207. The molecular weight excluding hydrogens is 434 g/mol. The SMILES string of the molecule is COc1ccc(OCCSc2nnc(C(C)Oc3ccccc3Cl)n2CC(C)C)cc1. The quantitative estimate of drug-likeness (QED) is 0.261. The molecule has 0 aliphatic heterocycles. The molecule has 1 aromatic heterocycles. The van der Waals surface area contributed by atoms with E-state index in [-0.39, 0.29) is 6.10 Å². The number of methoxy groups -OCH3 is 1. The van der Waals surface area contributed by atoms with Gasteiger partial charge in [-0.15, -0.1) is 10.2 Å². The zero-order valence-electron chi connectivity index (χ0n) is 18.2. The van der Waals surface area contributed by atoms with Crippen LogP contribution in [-0.2, 0) is 6.54 Å². The van der Waals surface area contributed by atoms with Crippen molar-refractivity contribution in [3.05, 3.63) is 59.4 Å². The number of benzene rings is 2. The van der Waals surface area contributed by atoms with Gasteiger partial charge in [-0.25, -0.2) is 0 Å². The minimum Gasteiger partial charge on any atom is -0.497 e. The largest absolute Gasteiger partial charge is 0.497 e. The molecule has 166 valence electrons. The van der Waals surface area contributed by atoms with Crippen LogP contribution in [0.1, 0.15) is 32.7 Å². The van der Waals surface area contributed by atoms with Gasteiger partial charge in [-0.05, 0) is 49.2 Å². The van der Waals surface area contributed by atoms with Gasteiger partial charge in [0.05, 0.1) is 18.7 Å². The minimum atomic E-state index is -0.281. The first-order valence-corrected chi connectivity index (χ1v) is 11.6. The smallest absolute Gasteiger partial charge is 0.191 e. The molecule has 0 N–H and O–H groups in total. The third-order valence-corrected chi connectivity index (χ3v) is 5.68. The monoisotopic (exact) mass is 461 g/mol. The van der Waals surface area contributed by atoms with Crippen molar-refractivity contribution >= 4 is 23.4 Å². The average Bonchev–Trinajstić information content (AvgIpc) is 3.15. The normalized spacial score (nSPS) is 12.1. The molecule has 0 amide bonds. The van der Waals surface area contributed by atoms with Gasteiger partial charge >= 0.3 is 0 Å². The lowest BCUT2D eigenvalue weighted by Gasteiger charge is -2.18. The maximum atomic E-state index is 6.24. The van der Waals surface area contributed by atoms with E-state index in [4.69, 9.17) is 25.8 Å². The first-order valence-electron chi connectivity index (χ1n) is 10.2. The van der Waals surface area contributed by atoms with E-state index in [0.29, 0.717) is 23.3 Å². The molecule has 0 bridgehead atoms. The Balaban J connectivity index is 1.63. The highest BCUT2D eigenvalue weighted by Crippen LogP contribution is 2.30. The lowest BCUT2D eigenvalue weighted by atomic mass is 10.2. The molecule has 0 aliphatic rings. The van der Waals surface area contributed by atoms with E-state index >= 15 is 0 Å². The number of para-hydroxylation sites is 1. The number of hydrogen-bond acceptors (Lipinski definition) is 6. The van der Waals surface area contributed by atoms with E-state index in [2.05, 4.69) is 28.6 Å². The van der Waals surface area contributed by atoms with Crippen molar-refractivity contribution in [2.75, 3.05) is 19.5 Å². The van der Waals surface area contributed by atoms with Crippen LogP contribution in [-0.4, -0.2) is 34.2 Å². The molecule has 0 fully saturated rings. The van der Waals surface area contributed by atoms with Crippen molar-refractivity contribution in [2.45, 2.75) is 38.6 Å². The summed E-state index contributed by atoms with van der Waals surface area (Å²) in [5, 5.41) is 10.3. The van der Waals surface area contributed by atoms with Gasteiger partial charge in [0.15, 0.2) is 17.1 Å². The van der Waals surface area contributed by atoms with Gasteiger partial charge in [-0.3, -0.25) is 0 Å². The van der Waals surface area contributed by atoms with Gasteiger partial charge in [-0.2, -0.15) is 0 Å². The Morgan fingerprint density at radius 2 is 1.71 bits per heavy atom. The summed E-state index contributed by atoms with van der Waals surface area (Å²) >= 11 is 7.87. The number of hydrogen-bond donors (Lipinski definition) is 0. The maximum Gasteiger partial charge on any atom is 0.191 e. The fraction of sp³-hybridized carbons (Fsp3) is 0.391. The van der Waals surface area contributed by atoms with Gasteiger partial charge in [0, 0.05) is 12.3 Å². The molecule has 1 unspecified atom stereocenters. The average molecular weight is 462 g/mol. The Labute approximate surface area is 192 Å². The second-order valence-electron chi connectivity index (χ2n) is 7.41. The Morgan fingerprint density at radius 1 is 1.00 bits per heavy atom. The van der Waals surface area contributed by atoms with E-state index in [1.54, 1.807) is 18.9 Å². The van der Waals surface area contributed by atoms with Crippen LogP contribution in [0.3, 0.4) is 0 Å². The van der Waals surface area contributed by atoms with Crippen molar-refractivity contribution in [1.82, 2.24) is 14.8 Å². The molecule has 6 nitrogen and oxygen atoms in total. The summed E-state index contributed by atoms with van der Waals surface area (Å²) in [5.41, 5.74) is 0. The maximum absolute atomic E-state index is 6.24. The highest BCUT2D eigenvalue weighted by Gasteiger charge is 2.21. The molecule has 8 heteroatoms. The van der Waals surface area contributed by atoms with Gasteiger partial charge in [0.25, 0.3) is 0 Å². The van der Waals surface area contributed by atoms with Gasteiger partial charge in [0.1, 0.15) is 17.2 Å². The molecule has 0 saturated heterocycles. The molecule has 3 aromatic rings. The summed E-state index contributed by atoms with van der Waals surface area (Å²) in [7, 11) is 1.65. The van der Waals surface area contributed by atoms with Crippen LogP contribution in [0.4, 0.5) is 0 Å². The van der Waals surface area contributed by atoms with Crippen LogP contribution < -0.4 is 14.2 Å². The second kappa shape index (κ2) is 11.3. The molecule has 1 atom stereocenters. The van der Waals surface area contributed by atoms with E-state index in [1.165, 1.54) is 0 Å².